The van der Waals surface area contributed by atoms with Gasteiger partial charge in [-0.15, -0.1) is 0 Å². The summed E-state index contributed by atoms with van der Waals surface area (Å²) in [4.78, 5) is 11.3. The summed E-state index contributed by atoms with van der Waals surface area (Å²) in [7, 11) is 0. The first kappa shape index (κ1) is 10.5. The van der Waals surface area contributed by atoms with Crippen molar-refractivity contribution in [1.29, 1.82) is 0 Å². The van der Waals surface area contributed by atoms with Crippen LogP contribution in [0, 0.1) is 0 Å². The van der Waals surface area contributed by atoms with Crippen LogP contribution >= 0.6 is 0 Å². The molecule has 0 atom stereocenters. The van der Waals surface area contributed by atoms with Crippen LogP contribution in [0.1, 0.15) is 12.7 Å². The van der Waals surface area contributed by atoms with E-state index in [9.17, 15) is 0 Å². The lowest BCUT2D eigenvalue weighted by Gasteiger charge is -2.09. The molecule has 0 aliphatic rings. The smallest absolute Gasteiger partial charge is 0.237 e. The Kier molecular flexibility index (Phi) is 3.38. The van der Waals surface area contributed by atoms with Gasteiger partial charge in [-0.1, -0.05) is 0 Å². The molecule has 2 aromatic heterocycles. The summed E-state index contributed by atoms with van der Waals surface area (Å²) in [6.45, 7) is 3.16. The molecule has 0 bridgehead atoms. The number of rotatable bonds is 5. The second-order valence-corrected chi connectivity index (χ2v) is 3.18. The van der Waals surface area contributed by atoms with E-state index in [1.165, 1.54) is 0 Å². The Morgan fingerprint density at radius 2 is 2.31 bits per heavy atom. The molecule has 0 fully saturated rings. The molecule has 84 valence electrons. The molecule has 2 rings (SSSR count). The van der Waals surface area contributed by atoms with Crippen molar-refractivity contribution >= 4 is 5.69 Å². The van der Waals surface area contributed by atoms with Crippen molar-refractivity contribution in [2.24, 2.45) is 0 Å². The third kappa shape index (κ3) is 2.50. The normalized spacial score (nSPS) is 10.1. The maximum absolute atomic E-state index is 5.40. The highest BCUT2D eigenvalue weighted by molar-refractivity contribution is 5.51. The maximum atomic E-state index is 5.40. The molecule has 0 saturated carbocycles. The quantitative estimate of drug-likeness (QED) is 0.803. The van der Waals surface area contributed by atoms with E-state index >= 15 is 0 Å². The molecule has 0 radical (unpaired) electrons. The minimum absolute atomic E-state index is 0.604. The fourth-order valence-corrected chi connectivity index (χ4v) is 1.35. The number of ether oxygens (including phenoxy) is 1. The highest BCUT2D eigenvalue weighted by Crippen LogP contribution is 2.20. The van der Waals surface area contributed by atoms with Crippen molar-refractivity contribution in [3.63, 3.8) is 0 Å². The third-order valence-corrected chi connectivity index (χ3v) is 2.05. The summed E-state index contributed by atoms with van der Waals surface area (Å²) in [5.74, 6) is 1.50. The number of aromatic nitrogens is 3. The van der Waals surface area contributed by atoms with E-state index in [4.69, 9.17) is 4.74 Å². The van der Waals surface area contributed by atoms with Gasteiger partial charge in [-0.05, 0) is 19.1 Å². The molecule has 0 saturated heterocycles. The average molecular weight is 218 g/mol. The lowest BCUT2D eigenvalue weighted by molar-refractivity contribution is 0.328. The van der Waals surface area contributed by atoms with Crippen LogP contribution in [0.15, 0.2) is 30.7 Å². The lowest BCUT2D eigenvalue weighted by Crippen LogP contribution is -2.04. The van der Waals surface area contributed by atoms with Crippen LogP contribution in [0.4, 0.5) is 5.69 Å². The van der Waals surface area contributed by atoms with Gasteiger partial charge in [0.15, 0.2) is 0 Å². The summed E-state index contributed by atoms with van der Waals surface area (Å²) >= 11 is 0. The van der Waals surface area contributed by atoms with Crippen LogP contribution in [0.3, 0.4) is 0 Å². The van der Waals surface area contributed by atoms with E-state index in [-0.39, 0.29) is 0 Å². The van der Waals surface area contributed by atoms with Gasteiger partial charge in [0.05, 0.1) is 18.8 Å². The van der Waals surface area contributed by atoms with Crippen LogP contribution in [-0.4, -0.2) is 21.6 Å². The molecular formula is C11H14N4O. The number of imidazole rings is 1. The molecule has 16 heavy (non-hydrogen) atoms. The number of nitrogens with one attached hydrogen (secondary N) is 2. The van der Waals surface area contributed by atoms with Gasteiger partial charge < -0.3 is 15.0 Å². The molecule has 2 heterocycles. The van der Waals surface area contributed by atoms with Gasteiger partial charge in [-0.3, -0.25) is 0 Å². The Morgan fingerprint density at radius 3 is 3.06 bits per heavy atom. The zero-order chi connectivity index (χ0) is 11.2. The van der Waals surface area contributed by atoms with Gasteiger partial charge in [-0.2, -0.15) is 0 Å². The molecule has 0 amide bonds. The standard InChI is InChI=1S/C11H14N4O/c1-2-16-11-9(4-3-5-14-11)15-8-10-12-6-7-13-10/h3-7,15H,2,8H2,1H3,(H,12,13). The van der Waals surface area contributed by atoms with E-state index in [1.54, 1.807) is 18.6 Å². The van der Waals surface area contributed by atoms with Gasteiger partial charge in [0.25, 0.3) is 0 Å². The van der Waals surface area contributed by atoms with Crippen molar-refractivity contribution in [3.8, 4) is 5.88 Å². The second-order valence-electron chi connectivity index (χ2n) is 3.18. The van der Waals surface area contributed by atoms with Crippen molar-refractivity contribution in [1.82, 2.24) is 15.0 Å². The lowest BCUT2D eigenvalue weighted by atomic mass is 10.4. The number of pyridine rings is 1. The molecule has 2 N–H and O–H groups in total. The Labute approximate surface area is 93.9 Å². The average Bonchev–Trinajstić information content (AvgIpc) is 2.81. The number of hydrogen-bond acceptors (Lipinski definition) is 4. The van der Waals surface area contributed by atoms with Gasteiger partial charge in [0.1, 0.15) is 5.82 Å². The van der Waals surface area contributed by atoms with Crippen molar-refractivity contribution < 1.29 is 4.74 Å². The number of nitrogens with zero attached hydrogens (tertiary/aromatic N) is 2. The zero-order valence-electron chi connectivity index (χ0n) is 9.10. The van der Waals surface area contributed by atoms with Crippen LogP contribution in [0.25, 0.3) is 0 Å². The molecule has 0 aliphatic heterocycles. The summed E-state index contributed by atoms with van der Waals surface area (Å²) < 4.78 is 5.40. The SMILES string of the molecule is CCOc1ncccc1NCc1ncc[nH]1. The Morgan fingerprint density at radius 1 is 1.38 bits per heavy atom. The molecule has 5 nitrogen and oxygen atoms in total. The highest BCUT2D eigenvalue weighted by atomic mass is 16.5. The number of hydrogen-bond donors (Lipinski definition) is 2. The topological polar surface area (TPSA) is 62.8 Å². The third-order valence-electron chi connectivity index (χ3n) is 2.05. The van der Waals surface area contributed by atoms with E-state index in [2.05, 4.69) is 20.3 Å². The molecule has 0 unspecified atom stereocenters. The van der Waals surface area contributed by atoms with Gasteiger partial charge in [-0.25, -0.2) is 9.97 Å². The summed E-state index contributed by atoms with van der Waals surface area (Å²) in [6.07, 6.45) is 5.23. The van der Waals surface area contributed by atoms with E-state index < -0.39 is 0 Å². The number of H-pyrrole nitrogens is 1. The Bertz CT molecular complexity index is 427. The minimum Gasteiger partial charge on any atom is -0.476 e. The first-order valence-corrected chi connectivity index (χ1v) is 5.20. The Balaban J connectivity index is 2.03. The fraction of sp³-hybridized carbons (Fsp3) is 0.273. The van der Waals surface area contributed by atoms with Gasteiger partial charge in [0, 0.05) is 18.6 Å². The molecular weight excluding hydrogens is 204 g/mol. The van der Waals surface area contributed by atoms with Gasteiger partial charge >= 0.3 is 0 Å². The van der Waals surface area contributed by atoms with Crippen molar-refractivity contribution in [3.05, 3.63) is 36.5 Å². The largest absolute Gasteiger partial charge is 0.476 e. The first-order chi connectivity index (χ1) is 7.90. The van der Waals surface area contributed by atoms with Crippen LogP contribution in [-0.2, 0) is 6.54 Å². The molecule has 0 aromatic carbocycles. The predicted octanol–water partition coefficient (Wildman–Crippen LogP) is 1.82. The minimum atomic E-state index is 0.604. The monoisotopic (exact) mass is 218 g/mol. The molecule has 5 heteroatoms. The van der Waals surface area contributed by atoms with Crippen LogP contribution < -0.4 is 10.1 Å². The Hall–Kier alpha value is -2.04. The summed E-state index contributed by atoms with van der Waals surface area (Å²) in [5.41, 5.74) is 0.876. The second kappa shape index (κ2) is 5.16. The molecule has 2 aromatic rings. The molecule has 0 spiro atoms. The van der Waals surface area contributed by atoms with Crippen molar-refractivity contribution in [2.45, 2.75) is 13.5 Å². The summed E-state index contributed by atoms with van der Waals surface area (Å²) in [5, 5.41) is 3.22. The molecule has 0 aliphatic carbocycles. The predicted molar refractivity (Wildman–Crippen MR) is 61.3 cm³/mol. The van der Waals surface area contributed by atoms with Crippen LogP contribution in [0.2, 0.25) is 0 Å². The first-order valence-electron chi connectivity index (χ1n) is 5.20. The van der Waals surface area contributed by atoms with E-state index in [0.29, 0.717) is 19.0 Å². The fourth-order valence-electron chi connectivity index (χ4n) is 1.35. The van der Waals surface area contributed by atoms with E-state index in [1.807, 2.05) is 19.1 Å². The zero-order valence-corrected chi connectivity index (χ0v) is 9.10. The number of anilines is 1. The van der Waals surface area contributed by atoms with Crippen molar-refractivity contribution in [2.75, 3.05) is 11.9 Å². The van der Waals surface area contributed by atoms with Crippen LogP contribution in [0.5, 0.6) is 5.88 Å². The van der Waals surface area contributed by atoms with Gasteiger partial charge in [0.2, 0.25) is 5.88 Å². The maximum Gasteiger partial charge on any atom is 0.237 e. The highest BCUT2D eigenvalue weighted by Gasteiger charge is 2.03. The van der Waals surface area contributed by atoms with E-state index in [0.717, 1.165) is 11.5 Å². The number of aromatic amines is 1. The summed E-state index contributed by atoms with van der Waals surface area (Å²) in [6, 6.07) is 3.80.